The van der Waals surface area contributed by atoms with E-state index in [1.807, 2.05) is 25.1 Å². The number of carbonyl (C=O) groups excluding carboxylic acids is 1. The molecule has 2 atom stereocenters. The first-order valence-corrected chi connectivity index (χ1v) is 8.66. The van der Waals surface area contributed by atoms with Gasteiger partial charge in [0.05, 0.1) is 25.0 Å². The highest BCUT2D eigenvalue weighted by atomic mass is 32.2. The van der Waals surface area contributed by atoms with Crippen LogP contribution in [0.4, 0.5) is 0 Å². The second kappa shape index (κ2) is 8.24. The molecule has 1 fully saturated rings. The van der Waals surface area contributed by atoms with Gasteiger partial charge in [0.15, 0.2) is 0 Å². The summed E-state index contributed by atoms with van der Waals surface area (Å²) in [6.07, 6.45) is 0.322. The molecule has 0 N–H and O–H groups in total. The van der Waals surface area contributed by atoms with E-state index in [1.165, 1.54) is 12.0 Å². The molecule has 0 bridgehead atoms. The molecule has 0 radical (unpaired) electrons. The minimum Gasteiger partial charge on any atom is -0.478 e. The van der Waals surface area contributed by atoms with Crippen LogP contribution in [-0.4, -0.2) is 37.9 Å². The average molecular weight is 337 g/mol. The molecule has 0 aliphatic carbocycles. The van der Waals surface area contributed by atoms with E-state index in [1.54, 1.807) is 11.8 Å². The Bertz CT molecular complexity index is 549. The van der Waals surface area contributed by atoms with Gasteiger partial charge in [-0.05, 0) is 26.0 Å². The van der Waals surface area contributed by atoms with Crippen LogP contribution in [-0.2, 0) is 19.1 Å². The number of carbonyl (C=O) groups is 1. The molecule has 0 saturated carbocycles. The molecule has 1 heterocycles. The second-order valence-electron chi connectivity index (χ2n) is 5.62. The fourth-order valence-electron chi connectivity index (χ4n) is 2.55. The van der Waals surface area contributed by atoms with Gasteiger partial charge in [-0.1, -0.05) is 23.4 Å². The predicted molar refractivity (Wildman–Crippen MR) is 90.4 cm³/mol. The van der Waals surface area contributed by atoms with Crippen molar-refractivity contribution in [3.63, 3.8) is 0 Å². The average Bonchev–Trinajstić information content (AvgIpc) is 2.84. The first kappa shape index (κ1) is 17.7. The molecular weight excluding hydrogens is 314 g/mol. The van der Waals surface area contributed by atoms with Crippen molar-refractivity contribution in [2.75, 3.05) is 26.1 Å². The Labute approximate surface area is 141 Å². The molecular formula is C17H23NO4S. The van der Waals surface area contributed by atoms with Gasteiger partial charge in [-0.2, -0.15) is 0 Å². The van der Waals surface area contributed by atoms with E-state index in [-0.39, 0.29) is 17.3 Å². The van der Waals surface area contributed by atoms with Crippen LogP contribution >= 0.6 is 11.8 Å². The molecule has 1 aliphatic rings. The Kier molecular flexibility index (Phi) is 6.33. The molecule has 6 heteroatoms. The Morgan fingerprint density at radius 1 is 1.43 bits per heavy atom. The minimum absolute atomic E-state index is 0.0201. The van der Waals surface area contributed by atoms with Gasteiger partial charge >= 0.3 is 5.97 Å². The molecule has 0 aromatic heterocycles. The van der Waals surface area contributed by atoms with Crippen molar-refractivity contribution in [3.05, 3.63) is 30.3 Å². The van der Waals surface area contributed by atoms with E-state index in [0.29, 0.717) is 25.5 Å². The van der Waals surface area contributed by atoms with Crippen LogP contribution in [0.25, 0.3) is 0 Å². The SMILES string of the molecule is CCOC(=O)C[C@H]1CO/C(=N\OC)[C@]1(C)CSc1ccccc1. The molecule has 23 heavy (non-hydrogen) atoms. The van der Waals surface area contributed by atoms with E-state index in [2.05, 4.69) is 24.2 Å². The first-order chi connectivity index (χ1) is 11.1. The number of thioether (sulfide) groups is 1. The Morgan fingerprint density at radius 3 is 2.83 bits per heavy atom. The number of nitrogens with zero attached hydrogens (tertiary/aromatic N) is 1. The molecule has 1 aliphatic heterocycles. The zero-order valence-electron chi connectivity index (χ0n) is 13.8. The number of benzene rings is 1. The smallest absolute Gasteiger partial charge is 0.306 e. The van der Waals surface area contributed by atoms with Crippen molar-refractivity contribution in [2.24, 2.45) is 16.5 Å². The largest absolute Gasteiger partial charge is 0.478 e. The Balaban J connectivity index is 2.12. The number of oxime groups is 1. The van der Waals surface area contributed by atoms with Gasteiger partial charge in [-0.3, -0.25) is 4.79 Å². The third-order valence-corrected chi connectivity index (χ3v) is 5.33. The summed E-state index contributed by atoms with van der Waals surface area (Å²) in [4.78, 5) is 18.0. The number of hydrogen-bond acceptors (Lipinski definition) is 6. The molecule has 1 aromatic carbocycles. The predicted octanol–water partition coefficient (Wildman–Crippen LogP) is 3.34. The van der Waals surface area contributed by atoms with Crippen molar-refractivity contribution in [1.82, 2.24) is 0 Å². The molecule has 126 valence electrons. The maximum absolute atomic E-state index is 11.9. The van der Waals surface area contributed by atoms with Crippen LogP contribution < -0.4 is 0 Å². The summed E-state index contributed by atoms with van der Waals surface area (Å²) in [6, 6.07) is 10.1. The zero-order chi connectivity index (χ0) is 16.7. The van der Waals surface area contributed by atoms with Crippen LogP contribution in [0.5, 0.6) is 0 Å². The van der Waals surface area contributed by atoms with E-state index in [0.717, 1.165) is 5.75 Å². The molecule has 0 spiro atoms. The monoisotopic (exact) mass is 337 g/mol. The topological polar surface area (TPSA) is 57.1 Å². The molecule has 0 unspecified atom stereocenters. The quantitative estimate of drug-likeness (QED) is 0.434. The molecule has 2 rings (SSSR count). The highest BCUT2D eigenvalue weighted by molar-refractivity contribution is 7.99. The summed E-state index contributed by atoms with van der Waals surface area (Å²) in [5.74, 6) is 1.13. The van der Waals surface area contributed by atoms with Crippen LogP contribution in [0.2, 0.25) is 0 Å². The summed E-state index contributed by atoms with van der Waals surface area (Å²) in [5.41, 5.74) is -0.372. The molecule has 0 amide bonds. The summed E-state index contributed by atoms with van der Waals surface area (Å²) in [6.45, 7) is 4.72. The van der Waals surface area contributed by atoms with Crippen molar-refractivity contribution in [1.29, 1.82) is 0 Å². The standard InChI is InChI=1S/C17H23NO4S/c1-4-21-15(19)10-13-11-22-16(18-20-3)17(13,2)12-23-14-8-6-5-7-9-14/h5-9,13H,4,10-12H2,1-3H3/b18-16-/t13-,17+/m0/s1. The maximum atomic E-state index is 11.9. The number of esters is 1. The van der Waals surface area contributed by atoms with E-state index >= 15 is 0 Å². The molecule has 5 nitrogen and oxygen atoms in total. The van der Waals surface area contributed by atoms with Crippen molar-refractivity contribution < 1.29 is 19.1 Å². The van der Waals surface area contributed by atoms with Gasteiger partial charge in [-0.15, -0.1) is 11.8 Å². The fourth-order valence-corrected chi connectivity index (χ4v) is 3.73. The summed E-state index contributed by atoms with van der Waals surface area (Å²) in [5, 5.41) is 4.02. The van der Waals surface area contributed by atoms with E-state index < -0.39 is 0 Å². The zero-order valence-corrected chi connectivity index (χ0v) is 14.6. The Morgan fingerprint density at radius 2 is 2.17 bits per heavy atom. The van der Waals surface area contributed by atoms with Crippen LogP contribution in [0.1, 0.15) is 20.3 Å². The number of hydrogen-bond donors (Lipinski definition) is 0. The Hall–Kier alpha value is -1.69. The van der Waals surface area contributed by atoms with Crippen LogP contribution in [0, 0.1) is 11.3 Å². The summed E-state index contributed by atoms with van der Waals surface area (Å²) >= 11 is 1.72. The van der Waals surface area contributed by atoms with Gasteiger partial charge < -0.3 is 14.3 Å². The van der Waals surface area contributed by atoms with Crippen molar-refractivity contribution >= 4 is 23.6 Å². The van der Waals surface area contributed by atoms with Crippen molar-refractivity contribution in [3.8, 4) is 0 Å². The lowest BCUT2D eigenvalue weighted by Crippen LogP contribution is -2.34. The lowest BCUT2D eigenvalue weighted by Gasteiger charge is -2.27. The number of rotatable bonds is 7. The maximum Gasteiger partial charge on any atom is 0.306 e. The highest BCUT2D eigenvalue weighted by Crippen LogP contribution is 2.42. The van der Waals surface area contributed by atoms with Crippen LogP contribution in [0.15, 0.2) is 40.4 Å². The van der Waals surface area contributed by atoms with E-state index in [4.69, 9.17) is 14.3 Å². The molecule has 1 aromatic rings. The van der Waals surface area contributed by atoms with E-state index in [9.17, 15) is 4.79 Å². The van der Waals surface area contributed by atoms with Gasteiger partial charge in [0.2, 0.25) is 5.90 Å². The van der Waals surface area contributed by atoms with Crippen molar-refractivity contribution in [2.45, 2.75) is 25.2 Å². The third kappa shape index (κ3) is 4.41. The van der Waals surface area contributed by atoms with Crippen LogP contribution in [0.3, 0.4) is 0 Å². The first-order valence-electron chi connectivity index (χ1n) is 7.68. The normalized spacial score (nSPS) is 25.2. The summed E-state index contributed by atoms with van der Waals surface area (Å²) in [7, 11) is 1.50. The summed E-state index contributed by atoms with van der Waals surface area (Å²) < 4.78 is 10.8. The molecule has 1 saturated heterocycles. The van der Waals surface area contributed by atoms with Gasteiger partial charge in [0.25, 0.3) is 0 Å². The third-order valence-electron chi connectivity index (χ3n) is 3.99. The lowest BCUT2D eigenvalue weighted by molar-refractivity contribution is -0.144. The minimum atomic E-state index is -0.372. The van der Waals surface area contributed by atoms with Gasteiger partial charge in [0.1, 0.15) is 7.11 Å². The van der Waals surface area contributed by atoms with Gasteiger partial charge in [0, 0.05) is 16.6 Å². The number of ether oxygens (including phenoxy) is 2. The van der Waals surface area contributed by atoms with Gasteiger partial charge in [-0.25, -0.2) is 0 Å². The fraction of sp³-hybridized carbons (Fsp3) is 0.529. The highest BCUT2D eigenvalue weighted by Gasteiger charge is 2.48. The lowest BCUT2D eigenvalue weighted by atomic mass is 9.79. The second-order valence-corrected chi connectivity index (χ2v) is 6.66.